The molecule has 132 valence electrons. The summed E-state index contributed by atoms with van der Waals surface area (Å²) in [5.41, 5.74) is 1.17. The molecule has 2 heterocycles. The number of benzene rings is 2. The van der Waals surface area contributed by atoms with Gasteiger partial charge in [0.15, 0.2) is 0 Å². The molecular weight excluding hydrogens is 335 g/mol. The summed E-state index contributed by atoms with van der Waals surface area (Å²) in [6, 6.07) is 12.6. The number of likely N-dealkylation sites (tertiary alicyclic amines) is 1. The second-order valence-corrected chi connectivity index (χ2v) is 6.58. The van der Waals surface area contributed by atoms with Crippen molar-refractivity contribution in [2.75, 3.05) is 13.1 Å². The summed E-state index contributed by atoms with van der Waals surface area (Å²) in [4.78, 5) is 40.5. The third kappa shape index (κ3) is 2.67. The van der Waals surface area contributed by atoms with E-state index in [9.17, 15) is 18.8 Å². The lowest BCUT2D eigenvalue weighted by Crippen LogP contribution is -2.42. The van der Waals surface area contributed by atoms with E-state index >= 15 is 0 Å². The molecule has 0 aliphatic carbocycles. The zero-order valence-electron chi connectivity index (χ0n) is 14.0. The summed E-state index contributed by atoms with van der Waals surface area (Å²) < 4.78 is 13.7. The molecule has 0 aromatic heterocycles. The Labute approximate surface area is 150 Å². The Morgan fingerprint density at radius 1 is 1.00 bits per heavy atom. The molecule has 2 aromatic carbocycles. The SMILES string of the molecule is O=C(Cc1ccccc1F)N1CCC(N2C(=O)c3ccccc3C2=O)C1. The average Bonchev–Trinajstić information content (AvgIpc) is 3.21. The van der Waals surface area contributed by atoms with Crippen molar-refractivity contribution in [3.05, 3.63) is 71.0 Å². The molecule has 4 rings (SSSR count). The van der Waals surface area contributed by atoms with Crippen molar-refractivity contribution >= 4 is 17.7 Å². The van der Waals surface area contributed by atoms with Crippen molar-refractivity contribution in [3.8, 4) is 0 Å². The third-order valence-electron chi connectivity index (χ3n) is 5.01. The molecular formula is C20H17FN2O3. The fourth-order valence-corrected chi connectivity index (χ4v) is 3.64. The molecule has 3 amide bonds. The van der Waals surface area contributed by atoms with E-state index in [1.54, 1.807) is 47.4 Å². The summed E-state index contributed by atoms with van der Waals surface area (Å²) >= 11 is 0. The van der Waals surface area contributed by atoms with Crippen LogP contribution in [0.15, 0.2) is 48.5 Å². The topological polar surface area (TPSA) is 57.7 Å². The van der Waals surface area contributed by atoms with E-state index in [1.807, 2.05) is 0 Å². The molecule has 0 bridgehead atoms. The average molecular weight is 352 g/mol. The number of hydrogen-bond acceptors (Lipinski definition) is 3. The van der Waals surface area contributed by atoms with Crippen molar-refractivity contribution in [1.82, 2.24) is 9.80 Å². The minimum atomic E-state index is -0.406. The smallest absolute Gasteiger partial charge is 0.261 e. The molecule has 2 aliphatic rings. The van der Waals surface area contributed by atoms with E-state index in [1.165, 1.54) is 11.0 Å². The van der Waals surface area contributed by atoms with E-state index in [2.05, 4.69) is 0 Å². The summed E-state index contributed by atoms with van der Waals surface area (Å²) in [6.45, 7) is 0.740. The zero-order chi connectivity index (χ0) is 18.3. The monoisotopic (exact) mass is 352 g/mol. The Kier molecular flexibility index (Phi) is 4.03. The van der Waals surface area contributed by atoms with E-state index in [0.717, 1.165) is 0 Å². The van der Waals surface area contributed by atoms with Crippen LogP contribution in [0.3, 0.4) is 0 Å². The number of carbonyl (C=O) groups is 3. The first kappa shape index (κ1) is 16.4. The largest absolute Gasteiger partial charge is 0.340 e. The molecule has 1 atom stereocenters. The van der Waals surface area contributed by atoms with Crippen LogP contribution in [0, 0.1) is 5.82 Å². The normalized spacial score (nSPS) is 19.2. The Morgan fingerprint density at radius 2 is 1.62 bits per heavy atom. The molecule has 0 spiro atoms. The van der Waals surface area contributed by atoms with Crippen LogP contribution in [-0.2, 0) is 11.2 Å². The van der Waals surface area contributed by atoms with Crippen LogP contribution in [0.5, 0.6) is 0 Å². The summed E-state index contributed by atoms with van der Waals surface area (Å²) in [7, 11) is 0. The van der Waals surface area contributed by atoms with Crippen LogP contribution in [0.1, 0.15) is 32.7 Å². The van der Waals surface area contributed by atoms with Gasteiger partial charge in [-0.2, -0.15) is 0 Å². The third-order valence-corrected chi connectivity index (χ3v) is 5.01. The predicted molar refractivity (Wildman–Crippen MR) is 92.0 cm³/mol. The summed E-state index contributed by atoms with van der Waals surface area (Å²) in [5, 5.41) is 0. The molecule has 0 saturated carbocycles. The predicted octanol–water partition coefficient (Wildman–Crippen LogP) is 2.27. The second-order valence-electron chi connectivity index (χ2n) is 6.58. The lowest BCUT2D eigenvalue weighted by atomic mass is 10.1. The first-order valence-electron chi connectivity index (χ1n) is 8.54. The number of fused-ring (bicyclic) bond motifs is 1. The highest BCUT2D eigenvalue weighted by Gasteiger charge is 2.42. The van der Waals surface area contributed by atoms with Crippen molar-refractivity contribution < 1.29 is 18.8 Å². The first-order chi connectivity index (χ1) is 12.6. The number of nitrogens with zero attached hydrogens (tertiary/aromatic N) is 2. The van der Waals surface area contributed by atoms with E-state index in [-0.39, 0.29) is 30.2 Å². The molecule has 6 heteroatoms. The van der Waals surface area contributed by atoms with Gasteiger partial charge >= 0.3 is 0 Å². The molecule has 0 radical (unpaired) electrons. The molecule has 0 N–H and O–H groups in total. The van der Waals surface area contributed by atoms with Gasteiger partial charge in [0.2, 0.25) is 5.91 Å². The van der Waals surface area contributed by atoms with Crippen LogP contribution in [0.2, 0.25) is 0 Å². The van der Waals surface area contributed by atoms with Gasteiger partial charge in [-0.1, -0.05) is 30.3 Å². The minimum absolute atomic E-state index is 0.0263. The molecule has 5 nitrogen and oxygen atoms in total. The highest BCUT2D eigenvalue weighted by Crippen LogP contribution is 2.28. The Bertz CT molecular complexity index is 876. The lowest BCUT2D eigenvalue weighted by molar-refractivity contribution is -0.129. The first-order valence-corrected chi connectivity index (χ1v) is 8.54. The van der Waals surface area contributed by atoms with Crippen molar-refractivity contribution in [2.45, 2.75) is 18.9 Å². The maximum Gasteiger partial charge on any atom is 0.261 e. The van der Waals surface area contributed by atoms with Gasteiger partial charge in [0.1, 0.15) is 5.82 Å². The Hall–Kier alpha value is -3.02. The summed E-state index contributed by atoms with van der Waals surface area (Å²) in [6.07, 6.45) is 0.510. The van der Waals surface area contributed by atoms with E-state index < -0.39 is 5.82 Å². The van der Waals surface area contributed by atoms with E-state index in [0.29, 0.717) is 36.2 Å². The van der Waals surface area contributed by atoms with Gasteiger partial charge in [-0.15, -0.1) is 0 Å². The van der Waals surface area contributed by atoms with E-state index in [4.69, 9.17) is 0 Å². The van der Waals surface area contributed by atoms with Crippen LogP contribution >= 0.6 is 0 Å². The molecule has 1 unspecified atom stereocenters. The van der Waals surface area contributed by atoms with Gasteiger partial charge < -0.3 is 4.90 Å². The standard InChI is InChI=1S/C20H17FN2O3/c21-17-8-4-1-5-13(17)11-18(24)22-10-9-14(12-22)23-19(25)15-6-2-3-7-16(15)20(23)26/h1-8,14H,9-12H2. The van der Waals surface area contributed by atoms with Gasteiger partial charge in [0.05, 0.1) is 23.6 Å². The van der Waals surface area contributed by atoms with Crippen LogP contribution < -0.4 is 0 Å². The maximum absolute atomic E-state index is 13.7. The quantitative estimate of drug-likeness (QED) is 0.797. The number of imide groups is 1. The van der Waals surface area contributed by atoms with Gasteiger partial charge in [0.25, 0.3) is 11.8 Å². The van der Waals surface area contributed by atoms with Crippen molar-refractivity contribution in [1.29, 1.82) is 0 Å². The zero-order valence-corrected chi connectivity index (χ0v) is 14.0. The highest BCUT2D eigenvalue weighted by molar-refractivity contribution is 6.21. The second kappa shape index (κ2) is 6.37. The number of halogens is 1. The van der Waals surface area contributed by atoms with Crippen LogP contribution in [-0.4, -0.2) is 46.7 Å². The number of amides is 3. The number of hydrogen-bond donors (Lipinski definition) is 0. The molecule has 1 fully saturated rings. The minimum Gasteiger partial charge on any atom is -0.340 e. The lowest BCUT2D eigenvalue weighted by Gasteiger charge is -2.22. The number of rotatable bonds is 3. The molecule has 2 aromatic rings. The fraction of sp³-hybridized carbons (Fsp3) is 0.250. The highest BCUT2D eigenvalue weighted by atomic mass is 19.1. The Morgan fingerprint density at radius 3 is 2.27 bits per heavy atom. The fourth-order valence-electron chi connectivity index (χ4n) is 3.64. The van der Waals surface area contributed by atoms with Crippen molar-refractivity contribution in [2.24, 2.45) is 0 Å². The van der Waals surface area contributed by atoms with Gasteiger partial charge in [-0.05, 0) is 30.2 Å². The molecule has 26 heavy (non-hydrogen) atoms. The van der Waals surface area contributed by atoms with Gasteiger partial charge in [-0.25, -0.2) is 4.39 Å². The Balaban J connectivity index is 1.46. The van der Waals surface area contributed by atoms with Gasteiger partial charge in [0, 0.05) is 13.1 Å². The number of carbonyl (C=O) groups excluding carboxylic acids is 3. The maximum atomic E-state index is 13.7. The molecule has 2 aliphatic heterocycles. The van der Waals surface area contributed by atoms with Crippen LogP contribution in [0.4, 0.5) is 4.39 Å². The van der Waals surface area contributed by atoms with Gasteiger partial charge in [-0.3, -0.25) is 19.3 Å². The molecule has 1 saturated heterocycles. The van der Waals surface area contributed by atoms with Crippen molar-refractivity contribution in [3.63, 3.8) is 0 Å². The van der Waals surface area contributed by atoms with Crippen LogP contribution in [0.25, 0.3) is 0 Å². The summed E-state index contributed by atoms with van der Waals surface area (Å²) in [5.74, 6) is -1.22.